The smallest absolute Gasteiger partial charge is 0.172 e. The molecule has 0 bridgehead atoms. The van der Waals surface area contributed by atoms with E-state index in [1.807, 2.05) is 0 Å². The SMILES string of the molecule is CCC(C(OC)OC)N(Cc1ccccc1)Cc1ccccc1. The van der Waals surface area contributed by atoms with Crippen molar-refractivity contribution in [3.05, 3.63) is 71.8 Å². The summed E-state index contributed by atoms with van der Waals surface area (Å²) in [5.74, 6) is 0. The van der Waals surface area contributed by atoms with E-state index in [1.54, 1.807) is 14.2 Å². The fourth-order valence-corrected chi connectivity index (χ4v) is 2.96. The van der Waals surface area contributed by atoms with Gasteiger partial charge in [-0.05, 0) is 17.5 Å². The standard InChI is InChI=1S/C20H27NO2/c1-4-19(20(22-2)23-3)21(15-17-11-7-5-8-12-17)16-18-13-9-6-10-14-18/h5-14,19-20H,4,15-16H2,1-3H3. The Morgan fingerprint density at radius 2 is 1.22 bits per heavy atom. The van der Waals surface area contributed by atoms with Crippen LogP contribution in [-0.2, 0) is 22.6 Å². The summed E-state index contributed by atoms with van der Waals surface area (Å²) >= 11 is 0. The molecule has 0 aliphatic carbocycles. The van der Waals surface area contributed by atoms with Crippen molar-refractivity contribution in [2.45, 2.75) is 38.8 Å². The van der Waals surface area contributed by atoms with Crippen LogP contribution in [0, 0.1) is 0 Å². The van der Waals surface area contributed by atoms with Crippen LogP contribution in [-0.4, -0.2) is 31.5 Å². The van der Waals surface area contributed by atoms with E-state index in [2.05, 4.69) is 72.5 Å². The highest BCUT2D eigenvalue weighted by Gasteiger charge is 2.26. The molecule has 1 atom stereocenters. The number of nitrogens with zero attached hydrogens (tertiary/aromatic N) is 1. The van der Waals surface area contributed by atoms with Crippen molar-refractivity contribution in [3.8, 4) is 0 Å². The molecule has 0 N–H and O–H groups in total. The van der Waals surface area contributed by atoms with Crippen molar-refractivity contribution in [2.24, 2.45) is 0 Å². The van der Waals surface area contributed by atoms with Gasteiger partial charge < -0.3 is 9.47 Å². The Hall–Kier alpha value is -1.68. The summed E-state index contributed by atoms with van der Waals surface area (Å²) in [4.78, 5) is 2.43. The molecule has 0 aromatic heterocycles. The van der Waals surface area contributed by atoms with Crippen molar-refractivity contribution in [2.75, 3.05) is 14.2 Å². The van der Waals surface area contributed by atoms with Crippen LogP contribution in [0.5, 0.6) is 0 Å². The first-order valence-corrected chi connectivity index (χ1v) is 8.16. The number of hydrogen-bond donors (Lipinski definition) is 0. The minimum Gasteiger partial charge on any atom is -0.354 e. The van der Waals surface area contributed by atoms with Gasteiger partial charge in [0, 0.05) is 27.3 Å². The van der Waals surface area contributed by atoms with Crippen LogP contribution in [0.2, 0.25) is 0 Å². The van der Waals surface area contributed by atoms with E-state index in [4.69, 9.17) is 9.47 Å². The van der Waals surface area contributed by atoms with Crippen molar-refractivity contribution in [3.63, 3.8) is 0 Å². The zero-order valence-corrected chi connectivity index (χ0v) is 14.3. The highest BCUT2D eigenvalue weighted by molar-refractivity contribution is 5.17. The van der Waals surface area contributed by atoms with E-state index in [1.165, 1.54) is 11.1 Å². The predicted octanol–water partition coefficient (Wildman–Crippen LogP) is 4.09. The first-order valence-electron chi connectivity index (χ1n) is 8.16. The first kappa shape index (κ1) is 17.7. The Balaban J connectivity index is 2.22. The number of rotatable bonds is 9. The van der Waals surface area contributed by atoms with Gasteiger partial charge >= 0.3 is 0 Å². The molecule has 2 aromatic rings. The maximum absolute atomic E-state index is 5.54. The second kappa shape index (κ2) is 9.46. The van der Waals surface area contributed by atoms with Gasteiger partial charge in [-0.15, -0.1) is 0 Å². The second-order valence-corrected chi connectivity index (χ2v) is 5.69. The number of ether oxygens (including phenoxy) is 2. The molecule has 0 radical (unpaired) electrons. The molecule has 0 spiro atoms. The first-order chi connectivity index (χ1) is 11.3. The molecular weight excluding hydrogens is 286 g/mol. The maximum atomic E-state index is 5.54. The van der Waals surface area contributed by atoms with E-state index in [0.717, 1.165) is 19.5 Å². The van der Waals surface area contributed by atoms with Crippen molar-refractivity contribution >= 4 is 0 Å². The average Bonchev–Trinajstić information content (AvgIpc) is 2.61. The molecule has 3 nitrogen and oxygen atoms in total. The second-order valence-electron chi connectivity index (χ2n) is 5.69. The summed E-state index contributed by atoms with van der Waals surface area (Å²) in [6.07, 6.45) is 0.735. The molecule has 124 valence electrons. The third-order valence-corrected chi connectivity index (χ3v) is 4.12. The van der Waals surface area contributed by atoms with Gasteiger partial charge in [-0.3, -0.25) is 4.90 Å². The van der Waals surface area contributed by atoms with E-state index in [9.17, 15) is 0 Å². The summed E-state index contributed by atoms with van der Waals surface area (Å²) in [6.45, 7) is 3.92. The van der Waals surface area contributed by atoms with Crippen molar-refractivity contribution in [1.29, 1.82) is 0 Å². The quantitative estimate of drug-likeness (QED) is 0.651. The fourth-order valence-electron chi connectivity index (χ4n) is 2.96. The average molecular weight is 313 g/mol. The minimum absolute atomic E-state index is 0.199. The third kappa shape index (κ3) is 5.17. The van der Waals surface area contributed by atoms with Crippen LogP contribution in [0.15, 0.2) is 60.7 Å². The Morgan fingerprint density at radius 3 is 1.57 bits per heavy atom. The molecule has 0 aliphatic heterocycles. The van der Waals surface area contributed by atoms with Crippen molar-refractivity contribution < 1.29 is 9.47 Å². The number of benzene rings is 2. The number of hydrogen-bond acceptors (Lipinski definition) is 3. The third-order valence-electron chi connectivity index (χ3n) is 4.12. The zero-order valence-electron chi connectivity index (χ0n) is 14.3. The Labute approximate surface area is 139 Å². The molecular formula is C20H27NO2. The topological polar surface area (TPSA) is 21.7 Å². The van der Waals surface area contributed by atoms with Crippen LogP contribution < -0.4 is 0 Å². The normalized spacial score (nSPS) is 12.7. The predicted molar refractivity (Wildman–Crippen MR) is 94.0 cm³/mol. The van der Waals surface area contributed by atoms with Gasteiger partial charge in [0.2, 0.25) is 0 Å². The lowest BCUT2D eigenvalue weighted by molar-refractivity contribution is -0.150. The molecule has 23 heavy (non-hydrogen) atoms. The molecule has 3 heteroatoms. The Bertz CT molecular complexity index is 499. The van der Waals surface area contributed by atoms with Crippen LogP contribution in [0.1, 0.15) is 24.5 Å². The molecule has 2 rings (SSSR count). The number of methoxy groups -OCH3 is 2. The maximum Gasteiger partial charge on any atom is 0.172 e. The van der Waals surface area contributed by atoms with Gasteiger partial charge in [0.15, 0.2) is 6.29 Å². The van der Waals surface area contributed by atoms with Crippen LogP contribution in [0.25, 0.3) is 0 Å². The lowest BCUT2D eigenvalue weighted by atomic mass is 10.1. The molecule has 0 heterocycles. The summed E-state index contributed by atoms with van der Waals surface area (Å²) in [7, 11) is 3.42. The largest absolute Gasteiger partial charge is 0.354 e. The van der Waals surface area contributed by atoms with E-state index in [-0.39, 0.29) is 12.3 Å². The Morgan fingerprint density at radius 1 is 0.783 bits per heavy atom. The van der Waals surface area contributed by atoms with E-state index >= 15 is 0 Å². The minimum atomic E-state index is -0.229. The summed E-state index contributed by atoms with van der Waals surface area (Å²) in [5, 5.41) is 0. The van der Waals surface area contributed by atoms with Gasteiger partial charge in [0.25, 0.3) is 0 Å². The van der Waals surface area contributed by atoms with Gasteiger partial charge in [0.05, 0.1) is 6.04 Å². The summed E-state index contributed by atoms with van der Waals surface area (Å²) in [5.41, 5.74) is 2.60. The van der Waals surface area contributed by atoms with Crippen LogP contribution in [0.4, 0.5) is 0 Å². The van der Waals surface area contributed by atoms with E-state index in [0.29, 0.717) is 0 Å². The zero-order chi connectivity index (χ0) is 16.5. The molecule has 1 unspecified atom stereocenters. The van der Waals surface area contributed by atoms with Gasteiger partial charge in [-0.25, -0.2) is 0 Å². The summed E-state index contributed by atoms with van der Waals surface area (Å²) in [6, 6.07) is 21.3. The molecule has 0 amide bonds. The van der Waals surface area contributed by atoms with Crippen LogP contribution in [0.3, 0.4) is 0 Å². The highest BCUT2D eigenvalue weighted by Crippen LogP contribution is 2.19. The lowest BCUT2D eigenvalue weighted by Crippen LogP contribution is -2.44. The monoisotopic (exact) mass is 313 g/mol. The summed E-state index contributed by atoms with van der Waals surface area (Å²) < 4.78 is 11.1. The van der Waals surface area contributed by atoms with Gasteiger partial charge in [-0.1, -0.05) is 67.6 Å². The molecule has 0 fully saturated rings. The molecule has 0 aliphatic rings. The van der Waals surface area contributed by atoms with Gasteiger partial charge in [-0.2, -0.15) is 0 Å². The molecule has 2 aromatic carbocycles. The Kier molecular flexibility index (Phi) is 7.27. The molecule has 0 saturated carbocycles. The van der Waals surface area contributed by atoms with Crippen molar-refractivity contribution in [1.82, 2.24) is 4.90 Å². The highest BCUT2D eigenvalue weighted by atomic mass is 16.7. The van der Waals surface area contributed by atoms with Gasteiger partial charge in [0.1, 0.15) is 0 Å². The van der Waals surface area contributed by atoms with E-state index < -0.39 is 0 Å². The fraction of sp³-hybridized carbons (Fsp3) is 0.400. The lowest BCUT2D eigenvalue weighted by Gasteiger charge is -2.35. The molecule has 0 saturated heterocycles. The van der Waals surface area contributed by atoms with Crippen LogP contribution >= 0.6 is 0 Å².